The van der Waals surface area contributed by atoms with Gasteiger partial charge < -0.3 is 14.5 Å². The Labute approximate surface area is 137 Å². The monoisotopic (exact) mass is 316 g/mol. The van der Waals surface area contributed by atoms with Gasteiger partial charge in [-0.2, -0.15) is 0 Å². The molecule has 0 N–H and O–H groups in total. The van der Waals surface area contributed by atoms with E-state index in [1.54, 1.807) is 4.90 Å². The lowest BCUT2D eigenvalue weighted by atomic mass is 10.0. The maximum atomic E-state index is 12.8. The zero-order valence-electron chi connectivity index (χ0n) is 13.9. The lowest BCUT2D eigenvalue weighted by Crippen LogP contribution is -2.51. The van der Waals surface area contributed by atoms with Gasteiger partial charge in [0.15, 0.2) is 0 Å². The van der Waals surface area contributed by atoms with Gasteiger partial charge in [-0.25, -0.2) is 0 Å². The Hall–Kier alpha value is -1.88. The molecule has 0 aromatic heterocycles. The highest BCUT2D eigenvalue weighted by atomic mass is 16.5. The van der Waals surface area contributed by atoms with Crippen LogP contribution < -0.4 is 0 Å². The molecule has 5 heteroatoms. The fourth-order valence-electron chi connectivity index (χ4n) is 3.30. The quantitative estimate of drug-likeness (QED) is 0.835. The molecule has 2 fully saturated rings. The van der Waals surface area contributed by atoms with Crippen LogP contribution in [0.2, 0.25) is 0 Å². The third-order valence-electron chi connectivity index (χ3n) is 4.88. The maximum Gasteiger partial charge on any atom is 0.254 e. The molecule has 5 nitrogen and oxygen atoms in total. The summed E-state index contributed by atoms with van der Waals surface area (Å²) < 4.78 is 5.31. The lowest BCUT2D eigenvalue weighted by Gasteiger charge is -2.32. The number of hydrogen-bond acceptors (Lipinski definition) is 3. The second-order valence-electron chi connectivity index (χ2n) is 6.39. The third kappa shape index (κ3) is 3.24. The van der Waals surface area contributed by atoms with Crippen molar-refractivity contribution in [3.8, 4) is 0 Å². The lowest BCUT2D eigenvalue weighted by molar-refractivity contribution is -0.139. The minimum absolute atomic E-state index is 0.0304. The Kier molecular flexibility index (Phi) is 4.66. The Morgan fingerprint density at radius 3 is 2.52 bits per heavy atom. The van der Waals surface area contributed by atoms with Crippen molar-refractivity contribution < 1.29 is 14.3 Å². The van der Waals surface area contributed by atoms with E-state index in [0.717, 1.165) is 18.4 Å². The molecule has 3 rings (SSSR count). The molecule has 124 valence electrons. The van der Waals surface area contributed by atoms with E-state index in [0.29, 0.717) is 38.4 Å². The van der Waals surface area contributed by atoms with Gasteiger partial charge in [-0.15, -0.1) is 0 Å². The minimum atomic E-state index is -0.317. The first-order chi connectivity index (χ1) is 11.1. The molecular weight excluding hydrogens is 292 g/mol. The van der Waals surface area contributed by atoms with Crippen molar-refractivity contribution in [2.45, 2.75) is 32.7 Å². The van der Waals surface area contributed by atoms with E-state index in [1.807, 2.05) is 36.9 Å². The zero-order valence-corrected chi connectivity index (χ0v) is 13.9. The summed E-state index contributed by atoms with van der Waals surface area (Å²) in [6.07, 6.45) is 1.64. The second-order valence-corrected chi connectivity index (χ2v) is 6.39. The van der Waals surface area contributed by atoms with Gasteiger partial charge in [0.1, 0.15) is 6.04 Å². The minimum Gasteiger partial charge on any atom is -0.378 e. The summed E-state index contributed by atoms with van der Waals surface area (Å²) in [5, 5.41) is 0. The maximum absolute atomic E-state index is 12.8. The molecule has 23 heavy (non-hydrogen) atoms. The smallest absolute Gasteiger partial charge is 0.254 e. The summed E-state index contributed by atoms with van der Waals surface area (Å²) >= 11 is 0. The van der Waals surface area contributed by atoms with Gasteiger partial charge in [0.25, 0.3) is 5.91 Å². The van der Waals surface area contributed by atoms with Crippen LogP contribution in [0.3, 0.4) is 0 Å². The number of carbonyl (C=O) groups is 2. The van der Waals surface area contributed by atoms with Crippen LogP contribution in [-0.4, -0.2) is 60.5 Å². The molecule has 2 heterocycles. The van der Waals surface area contributed by atoms with Crippen LogP contribution in [0.15, 0.2) is 18.2 Å². The van der Waals surface area contributed by atoms with Gasteiger partial charge in [0, 0.05) is 25.2 Å². The molecule has 2 aliphatic heterocycles. The van der Waals surface area contributed by atoms with Crippen LogP contribution in [0.5, 0.6) is 0 Å². The Balaban J connectivity index is 1.76. The Bertz CT molecular complexity index is 608. The van der Waals surface area contributed by atoms with E-state index in [-0.39, 0.29) is 17.9 Å². The number of rotatable bonds is 2. The van der Waals surface area contributed by atoms with Crippen molar-refractivity contribution in [1.82, 2.24) is 9.80 Å². The van der Waals surface area contributed by atoms with E-state index in [2.05, 4.69) is 0 Å². The predicted molar refractivity (Wildman–Crippen MR) is 87.4 cm³/mol. The van der Waals surface area contributed by atoms with Crippen LogP contribution in [0, 0.1) is 13.8 Å². The third-order valence-corrected chi connectivity index (χ3v) is 4.88. The van der Waals surface area contributed by atoms with Crippen LogP contribution in [0.25, 0.3) is 0 Å². The average molecular weight is 316 g/mol. The van der Waals surface area contributed by atoms with Crippen molar-refractivity contribution in [3.05, 3.63) is 34.9 Å². The molecule has 0 saturated carbocycles. The summed E-state index contributed by atoms with van der Waals surface area (Å²) in [4.78, 5) is 29.2. The van der Waals surface area contributed by atoms with Gasteiger partial charge >= 0.3 is 0 Å². The number of amides is 2. The number of carbonyl (C=O) groups excluding carboxylic acids is 2. The molecule has 1 atom stereocenters. The van der Waals surface area contributed by atoms with E-state index in [1.165, 1.54) is 5.56 Å². The predicted octanol–water partition coefficient (Wildman–Crippen LogP) is 1.77. The molecule has 0 radical (unpaired) electrons. The fourth-order valence-corrected chi connectivity index (χ4v) is 3.30. The number of ether oxygens (including phenoxy) is 1. The van der Waals surface area contributed by atoms with Crippen LogP contribution in [-0.2, 0) is 9.53 Å². The normalized spacial score (nSPS) is 21.6. The molecular formula is C18H24N2O3. The van der Waals surface area contributed by atoms with Crippen LogP contribution >= 0.6 is 0 Å². The Morgan fingerprint density at radius 1 is 1.09 bits per heavy atom. The molecule has 2 saturated heterocycles. The summed E-state index contributed by atoms with van der Waals surface area (Å²) in [6.45, 7) is 7.12. The second kappa shape index (κ2) is 6.71. The standard InChI is InChI=1S/C18H24N2O3/c1-13-5-6-15(12-14(13)2)17(21)20-7-3-4-16(20)18(22)19-8-10-23-11-9-19/h5-6,12,16H,3-4,7-11H2,1-2H3/t16-/m0/s1. The molecule has 0 spiro atoms. The molecule has 2 aliphatic rings. The van der Waals surface area contributed by atoms with Gasteiger partial charge in [-0.3, -0.25) is 9.59 Å². The van der Waals surface area contributed by atoms with Gasteiger partial charge in [0.05, 0.1) is 13.2 Å². The number of hydrogen-bond donors (Lipinski definition) is 0. The molecule has 0 bridgehead atoms. The summed E-state index contributed by atoms with van der Waals surface area (Å²) in [6, 6.07) is 5.44. The number of morpholine rings is 1. The topological polar surface area (TPSA) is 49.9 Å². The van der Waals surface area contributed by atoms with Crippen molar-refractivity contribution in [2.75, 3.05) is 32.8 Å². The van der Waals surface area contributed by atoms with Gasteiger partial charge in [-0.05, 0) is 49.9 Å². The fraction of sp³-hybridized carbons (Fsp3) is 0.556. The number of nitrogens with zero attached hydrogens (tertiary/aromatic N) is 2. The van der Waals surface area contributed by atoms with E-state index < -0.39 is 0 Å². The molecule has 1 aromatic carbocycles. The first-order valence-corrected chi connectivity index (χ1v) is 8.32. The molecule has 0 unspecified atom stereocenters. The highest BCUT2D eigenvalue weighted by Crippen LogP contribution is 2.23. The summed E-state index contributed by atoms with van der Waals surface area (Å²) in [7, 11) is 0. The van der Waals surface area contributed by atoms with Crippen molar-refractivity contribution in [3.63, 3.8) is 0 Å². The van der Waals surface area contributed by atoms with Gasteiger partial charge in [0.2, 0.25) is 5.91 Å². The first kappa shape index (κ1) is 16.0. The van der Waals surface area contributed by atoms with Crippen LogP contribution in [0.4, 0.5) is 0 Å². The van der Waals surface area contributed by atoms with Crippen molar-refractivity contribution >= 4 is 11.8 Å². The van der Waals surface area contributed by atoms with Crippen molar-refractivity contribution in [2.24, 2.45) is 0 Å². The number of aryl methyl sites for hydroxylation is 2. The number of likely N-dealkylation sites (tertiary alicyclic amines) is 1. The highest BCUT2D eigenvalue weighted by molar-refractivity contribution is 5.98. The van der Waals surface area contributed by atoms with E-state index in [4.69, 9.17) is 4.74 Å². The SMILES string of the molecule is Cc1ccc(C(=O)N2CCC[C@H]2C(=O)N2CCOCC2)cc1C. The average Bonchev–Trinajstić information content (AvgIpc) is 3.06. The van der Waals surface area contributed by atoms with E-state index >= 15 is 0 Å². The number of benzene rings is 1. The highest BCUT2D eigenvalue weighted by Gasteiger charge is 2.37. The summed E-state index contributed by atoms with van der Waals surface area (Å²) in [5.41, 5.74) is 2.95. The largest absolute Gasteiger partial charge is 0.378 e. The zero-order chi connectivity index (χ0) is 16.4. The van der Waals surface area contributed by atoms with E-state index in [9.17, 15) is 9.59 Å². The Morgan fingerprint density at radius 2 is 1.83 bits per heavy atom. The van der Waals surface area contributed by atoms with Crippen LogP contribution in [0.1, 0.15) is 34.3 Å². The molecule has 2 amide bonds. The van der Waals surface area contributed by atoms with Gasteiger partial charge in [-0.1, -0.05) is 6.07 Å². The summed E-state index contributed by atoms with van der Waals surface area (Å²) in [5.74, 6) is 0.0418. The first-order valence-electron chi connectivity index (χ1n) is 8.32. The van der Waals surface area contributed by atoms with Crippen molar-refractivity contribution in [1.29, 1.82) is 0 Å². The molecule has 1 aromatic rings. The molecule has 0 aliphatic carbocycles.